The molecular formula is C18H22N4O4S. The Labute approximate surface area is 158 Å². The Kier molecular flexibility index (Phi) is 5.07. The molecule has 3 aromatic rings. The van der Waals surface area contributed by atoms with Crippen LogP contribution in [0.2, 0.25) is 0 Å². The summed E-state index contributed by atoms with van der Waals surface area (Å²) in [5.41, 5.74) is 2.58. The van der Waals surface area contributed by atoms with E-state index in [2.05, 4.69) is 14.9 Å². The van der Waals surface area contributed by atoms with Gasteiger partial charge in [-0.3, -0.25) is 0 Å². The van der Waals surface area contributed by atoms with E-state index in [1.54, 1.807) is 44.7 Å². The molecule has 0 aliphatic heterocycles. The molecule has 3 rings (SSSR count). The van der Waals surface area contributed by atoms with Gasteiger partial charge in [-0.05, 0) is 31.5 Å². The third-order valence-corrected chi connectivity index (χ3v) is 6.12. The number of aromatic nitrogens is 3. The van der Waals surface area contributed by atoms with Crippen molar-refractivity contribution in [1.29, 1.82) is 0 Å². The first kappa shape index (κ1) is 19.1. The molecule has 2 heterocycles. The molecule has 1 N–H and O–H groups in total. The predicted octanol–water partition coefficient (Wildman–Crippen LogP) is 2.49. The standard InChI is InChI=1S/C18H22N4O4S/c1-11-16(18-21-20-13(3)26-18)17(12(2)22(11)4)27(23,24)19-10-14-6-8-15(25-5)9-7-14/h6-9,19H,10H2,1-5H3. The Morgan fingerprint density at radius 3 is 2.33 bits per heavy atom. The lowest BCUT2D eigenvalue weighted by atomic mass is 10.2. The minimum atomic E-state index is -3.81. The van der Waals surface area contributed by atoms with Gasteiger partial charge in [0.25, 0.3) is 5.89 Å². The van der Waals surface area contributed by atoms with Crippen LogP contribution in [-0.4, -0.2) is 30.3 Å². The van der Waals surface area contributed by atoms with Crippen molar-refractivity contribution in [2.45, 2.75) is 32.2 Å². The minimum Gasteiger partial charge on any atom is -0.497 e. The third kappa shape index (κ3) is 3.60. The van der Waals surface area contributed by atoms with Crippen LogP contribution in [0.5, 0.6) is 5.75 Å². The van der Waals surface area contributed by atoms with E-state index < -0.39 is 10.0 Å². The van der Waals surface area contributed by atoms with Crippen molar-refractivity contribution >= 4 is 10.0 Å². The molecular weight excluding hydrogens is 368 g/mol. The summed E-state index contributed by atoms with van der Waals surface area (Å²) in [6, 6.07) is 7.20. The van der Waals surface area contributed by atoms with Gasteiger partial charge in [0.05, 0.1) is 12.7 Å². The number of methoxy groups -OCH3 is 1. The molecule has 0 saturated heterocycles. The van der Waals surface area contributed by atoms with Crippen LogP contribution in [0, 0.1) is 20.8 Å². The number of benzene rings is 1. The van der Waals surface area contributed by atoms with E-state index in [1.165, 1.54) is 0 Å². The van der Waals surface area contributed by atoms with E-state index in [9.17, 15) is 8.42 Å². The van der Waals surface area contributed by atoms with Gasteiger partial charge in [-0.2, -0.15) is 0 Å². The highest BCUT2D eigenvalue weighted by atomic mass is 32.2. The van der Waals surface area contributed by atoms with Crippen LogP contribution in [0.1, 0.15) is 22.8 Å². The molecule has 0 aliphatic carbocycles. The maximum absolute atomic E-state index is 13.1. The second-order valence-corrected chi connectivity index (χ2v) is 7.94. The van der Waals surface area contributed by atoms with E-state index in [0.717, 1.165) is 11.3 Å². The SMILES string of the molecule is COc1ccc(CNS(=O)(=O)c2c(-c3nnc(C)o3)c(C)n(C)c2C)cc1. The molecule has 144 valence electrons. The van der Waals surface area contributed by atoms with Gasteiger partial charge >= 0.3 is 0 Å². The summed E-state index contributed by atoms with van der Waals surface area (Å²) in [5.74, 6) is 1.28. The Morgan fingerprint density at radius 2 is 1.78 bits per heavy atom. The van der Waals surface area contributed by atoms with Crippen LogP contribution in [0.15, 0.2) is 33.6 Å². The maximum atomic E-state index is 13.1. The fraction of sp³-hybridized carbons (Fsp3) is 0.333. The average Bonchev–Trinajstić information content (AvgIpc) is 3.17. The summed E-state index contributed by atoms with van der Waals surface area (Å²) in [5, 5.41) is 7.83. The van der Waals surface area contributed by atoms with Crippen LogP contribution >= 0.6 is 0 Å². The second-order valence-electron chi connectivity index (χ2n) is 6.23. The van der Waals surface area contributed by atoms with Crippen LogP contribution in [-0.2, 0) is 23.6 Å². The molecule has 0 bridgehead atoms. The number of hydrogen-bond acceptors (Lipinski definition) is 6. The second kappa shape index (κ2) is 7.16. The smallest absolute Gasteiger partial charge is 0.250 e. The number of aryl methyl sites for hydroxylation is 1. The summed E-state index contributed by atoms with van der Waals surface area (Å²) in [6.07, 6.45) is 0. The lowest BCUT2D eigenvalue weighted by Crippen LogP contribution is -2.24. The van der Waals surface area contributed by atoms with Crippen molar-refractivity contribution in [2.75, 3.05) is 7.11 Å². The van der Waals surface area contributed by atoms with Gasteiger partial charge < -0.3 is 13.7 Å². The highest BCUT2D eigenvalue weighted by Crippen LogP contribution is 2.34. The highest BCUT2D eigenvalue weighted by molar-refractivity contribution is 7.89. The van der Waals surface area contributed by atoms with Crippen LogP contribution in [0.25, 0.3) is 11.5 Å². The summed E-state index contributed by atoms with van der Waals surface area (Å²) in [7, 11) is -0.418. The van der Waals surface area contributed by atoms with Gasteiger partial charge in [-0.15, -0.1) is 10.2 Å². The Balaban J connectivity index is 1.97. The number of hydrogen-bond donors (Lipinski definition) is 1. The van der Waals surface area contributed by atoms with E-state index in [0.29, 0.717) is 22.9 Å². The van der Waals surface area contributed by atoms with Gasteiger partial charge in [0.15, 0.2) is 0 Å². The number of sulfonamides is 1. The van der Waals surface area contributed by atoms with Crippen molar-refractivity contribution in [2.24, 2.45) is 7.05 Å². The average molecular weight is 390 g/mol. The van der Waals surface area contributed by atoms with Gasteiger partial charge in [0.2, 0.25) is 15.9 Å². The summed E-state index contributed by atoms with van der Waals surface area (Å²) in [4.78, 5) is 0.152. The molecule has 27 heavy (non-hydrogen) atoms. The van der Waals surface area contributed by atoms with Gasteiger partial charge in [0.1, 0.15) is 10.6 Å². The van der Waals surface area contributed by atoms with Crippen LogP contribution in [0.4, 0.5) is 0 Å². The molecule has 0 unspecified atom stereocenters. The molecule has 0 spiro atoms. The van der Waals surface area contributed by atoms with E-state index in [-0.39, 0.29) is 17.3 Å². The third-order valence-electron chi connectivity index (χ3n) is 4.56. The molecule has 0 fully saturated rings. The number of nitrogens with zero attached hydrogens (tertiary/aromatic N) is 3. The zero-order chi connectivity index (χ0) is 19.8. The van der Waals surface area contributed by atoms with E-state index in [4.69, 9.17) is 9.15 Å². The molecule has 1 aromatic carbocycles. The van der Waals surface area contributed by atoms with Gasteiger partial charge in [0, 0.05) is 31.9 Å². The van der Waals surface area contributed by atoms with E-state index >= 15 is 0 Å². The van der Waals surface area contributed by atoms with Crippen molar-refractivity contribution < 1.29 is 17.6 Å². The maximum Gasteiger partial charge on any atom is 0.250 e. The quantitative estimate of drug-likeness (QED) is 0.694. The first-order valence-electron chi connectivity index (χ1n) is 8.33. The van der Waals surface area contributed by atoms with Crippen molar-refractivity contribution in [3.8, 4) is 17.2 Å². The number of rotatable bonds is 6. The molecule has 0 aliphatic rings. The fourth-order valence-corrected chi connectivity index (χ4v) is 4.42. The molecule has 0 saturated carbocycles. The zero-order valence-corrected chi connectivity index (χ0v) is 16.7. The number of nitrogens with one attached hydrogen (secondary N) is 1. The largest absolute Gasteiger partial charge is 0.497 e. The predicted molar refractivity (Wildman–Crippen MR) is 99.9 cm³/mol. The van der Waals surface area contributed by atoms with E-state index in [1.807, 2.05) is 19.1 Å². The van der Waals surface area contributed by atoms with Crippen molar-refractivity contribution in [1.82, 2.24) is 19.5 Å². The molecule has 9 heteroatoms. The monoisotopic (exact) mass is 390 g/mol. The molecule has 0 atom stereocenters. The summed E-state index contributed by atoms with van der Waals surface area (Å²) >= 11 is 0. The Hall–Kier alpha value is -2.65. The number of ether oxygens (including phenoxy) is 1. The van der Waals surface area contributed by atoms with Gasteiger partial charge in [-0.25, -0.2) is 13.1 Å². The summed E-state index contributed by atoms with van der Waals surface area (Å²) in [6.45, 7) is 5.39. The Morgan fingerprint density at radius 1 is 1.11 bits per heavy atom. The van der Waals surface area contributed by atoms with Crippen molar-refractivity contribution in [3.05, 3.63) is 47.1 Å². The highest BCUT2D eigenvalue weighted by Gasteiger charge is 2.30. The first-order valence-corrected chi connectivity index (χ1v) is 9.82. The molecule has 8 nitrogen and oxygen atoms in total. The topological polar surface area (TPSA) is 99.2 Å². The lowest BCUT2D eigenvalue weighted by molar-refractivity contribution is 0.414. The molecule has 0 amide bonds. The molecule has 0 radical (unpaired) electrons. The zero-order valence-electron chi connectivity index (χ0n) is 15.9. The summed E-state index contributed by atoms with van der Waals surface area (Å²) < 4.78 is 41.2. The minimum absolute atomic E-state index is 0.152. The first-order chi connectivity index (χ1) is 12.7. The van der Waals surface area contributed by atoms with Crippen LogP contribution in [0.3, 0.4) is 0 Å². The molecule has 2 aromatic heterocycles. The Bertz CT molecular complexity index is 1070. The fourth-order valence-electron chi connectivity index (χ4n) is 2.89. The van der Waals surface area contributed by atoms with Gasteiger partial charge in [-0.1, -0.05) is 12.1 Å². The van der Waals surface area contributed by atoms with Crippen molar-refractivity contribution in [3.63, 3.8) is 0 Å². The lowest BCUT2D eigenvalue weighted by Gasteiger charge is -2.09. The normalized spacial score (nSPS) is 11.7. The van der Waals surface area contributed by atoms with Crippen LogP contribution < -0.4 is 9.46 Å².